The summed E-state index contributed by atoms with van der Waals surface area (Å²) in [6.45, 7) is 0. The Labute approximate surface area is 93.1 Å². The van der Waals surface area contributed by atoms with Crippen molar-refractivity contribution in [2.45, 2.75) is 0 Å². The molecule has 3 heteroatoms. The van der Waals surface area contributed by atoms with E-state index in [9.17, 15) is 4.79 Å². The number of aromatic amines is 1. The maximum absolute atomic E-state index is 11.7. The van der Waals surface area contributed by atoms with Crippen molar-refractivity contribution in [3.63, 3.8) is 0 Å². The van der Waals surface area contributed by atoms with Crippen LogP contribution in [0, 0.1) is 0 Å². The van der Waals surface area contributed by atoms with Gasteiger partial charge in [0.1, 0.15) is 5.75 Å². The number of phenols is 1. The first-order valence-corrected chi connectivity index (χ1v) is 4.90. The molecule has 0 radical (unpaired) electrons. The van der Waals surface area contributed by atoms with Crippen LogP contribution in [-0.2, 0) is 0 Å². The smallest absolute Gasteiger partial charge is 0.185 e. The average Bonchev–Trinajstić information content (AvgIpc) is 2.80. The van der Waals surface area contributed by atoms with E-state index in [1.807, 2.05) is 12.1 Å². The van der Waals surface area contributed by atoms with Crippen LogP contribution in [0.5, 0.6) is 5.75 Å². The molecule has 0 saturated heterocycles. The van der Waals surface area contributed by atoms with E-state index in [1.54, 1.807) is 24.4 Å². The van der Waals surface area contributed by atoms with E-state index >= 15 is 0 Å². The Bertz CT molecular complexity index is 495. The summed E-state index contributed by atoms with van der Waals surface area (Å²) >= 11 is 0. The summed E-state index contributed by atoms with van der Waals surface area (Å²) in [4.78, 5) is 14.6. The molecule has 1 aromatic heterocycles. The summed E-state index contributed by atoms with van der Waals surface area (Å²) < 4.78 is 0. The highest BCUT2D eigenvalue weighted by molar-refractivity contribution is 6.06. The molecule has 0 aliphatic rings. The summed E-state index contributed by atoms with van der Waals surface area (Å²) in [7, 11) is 0. The van der Waals surface area contributed by atoms with Gasteiger partial charge in [-0.1, -0.05) is 0 Å². The number of benzene rings is 1. The van der Waals surface area contributed by atoms with Crippen molar-refractivity contribution in [2.24, 2.45) is 0 Å². The molecule has 3 nitrogen and oxygen atoms in total. The first kappa shape index (κ1) is 10.2. The highest BCUT2D eigenvalue weighted by Gasteiger charge is 2.00. The number of carbonyl (C=O) groups is 1. The molecular formula is C13H11NO2. The molecule has 2 aromatic rings. The normalized spacial score (nSPS) is 10.8. The van der Waals surface area contributed by atoms with Gasteiger partial charge >= 0.3 is 0 Å². The molecule has 0 saturated carbocycles. The van der Waals surface area contributed by atoms with Crippen molar-refractivity contribution in [1.82, 2.24) is 4.98 Å². The molecule has 2 N–H and O–H groups in total. The lowest BCUT2D eigenvalue weighted by Gasteiger charge is -1.95. The molecule has 0 spiro atoms. The van der Waals surface area contributed by atoms with E-state index < -0.39 is 0 Å². The monoisotopic (exact) mass is 213 g/mol. The Hall–Kier alpha value is -2.29. The summed E-state index contributed by atoms with van der Waals surface area (Å²) in [5.74, 6) is 0.0690. The van der Waals surface area contributed by atoms with Gasteiger partial charge in [-0.3, -0.25) is 4.79 Å². The van der Waals surface area contributed by atoms with Gasteiger partial charge < -0.3 is 10.1 Å². The van der Waals surface area contributed by atoms with Gasteiger partial charge in [-0.05, 0) is 48.6 Å². The number of aromatic hydroxyl groups is 1. The average molecular weight is 213 g/mol. The van der Waals surface area contributed by atoms with Crippen LogP contribution < -0.4 is 0 Å². The zero-order valence-corrected chi connectivity index (χ0v) is 8.55. The van der Waals surface area contributed by atoms with E-state index in [0.29, 0.717) is 5.56 Å². The minimum atomic E-state index is -0.0883. The largest absolute Gasteiger partial charge is 0.508 e. The lowest BCUT2D eigenvalue weighted by Crippen LogP contribution is -1.92. The number of hydrogen-bond acceptors (Lipinski definition) is 2. The van der Waals surface area contributed by atoms with Gasteiger partial charge in [-0.2, -0.15) is 0 Å². The van der Waals surface area contributed by atoms with Crippen molar-refractivity contribution in [1.29, 1.82) is 0 Å². The van der Waals surface area contributed by atoms with Crippen molar-refractivity contribution in [3.8, 4) is 5.75 Å². The van der Waals surface area contributed by atoms with Crippen molar-refractivity contribution in [3.05, 3.63) is 59.9 Å². The van der Waals surface area contributed by atoms with Crippen molar-refractivity contribution in [2.75, 3.05) is 0 Å². The van der Waals surface area contributed by atoms with Gasteiger partial charge in [-0.25, -0.2) is 0 Å². The van der Waals surface area contributed by atoms with Crippen LogP contribution in [0.2, 0.25) is 0 Å². The van der Waals surface area contributed by atoms with Crippen LogP contribution >= 0.6 is 0 Å². The molecule has 1 aromatic carbocycles. The highest BCUT2D eigenvalue weighted by Crippen LogP contribution is 2.11. The lowest BCUT2D eigenvalue weighted by molar-refractivity contribution is 0.104. The Balaban J connectivity index is 2.11. The van der Waals surface area contributed by atoms with Crippen LogP contribution in [-0.4, -0.2) is 15.9 Å². The second kappa shape index (κ2) is 4.49. The van der Waals surface area contributed by atoms with Gasteiger partial charge in [0.25, 0.3) is 0 Å². The zero-order valence-electron chi connectivity index (χ0n) is 8.55. The minimum absolute atomic E-state index is 0.0883. The van der Waals surface area contributed by atoms with Crippen molar-refractivity contribution >= 4 is 11.9 Å². The van der Waals surface area contributed by atoms with Gasteiger partial charge in [0, 0.05) is 17.5 Å². The maximum atomic E-state index is 11.7. The third-order valence-electron chi connectivity index (χ3n) is 2.19. The van der Waals surface area contributed by atoms with Gasteiger partial charge in [0.05, 0.1) is 0 Å². The number of phenolic OH excluding ortho intramolecular Hbond substituents is 1. The number of aromatic nitrogens is 1. The Morgan fingerprint density at radius 1 is 1.19 bits per heavy atom. The fourth-order valence-corrected chi connectivity index (χ4v) is 1.34. The maximum Gasteiger partial charge on any atom is 0.185 e. The number of nitrogens with one attached hydrogen (secondary N) is 1. The molecule has 16 heavy (non-hydrogen) atoms. The topological polar surface area (TPSA) is 53.1 Å². The number of carbonyl (C=O) groups excluding carboxylic acids is 1. The van der Waals surface area contributed by atoms with E-state index in [0.717, 1.165) is 5.69 Å². The molecular weight excluding hydrogens is 202 g/mol. The Kier molecular flexibility index (Phi) is 2.87. The second-order valence-electron chi connectivity index (χ2n) is 3.37. The summed E-state index contributed by atoms with van der Waals surface area (Å²) in [6, 6.07) is 9.92. The summed E-state index contributed by atoms with van der Waals surface area (Å²) in [6.07, 6.45) is 5.01. The summed E-state index contributed by atoms with van der Waals surface area (Å²) in [5.41, 5.74) is 1.44. The van der Waals surface area contributed by atoms with Gasteiger partial charge in [0.2, 0.25) is 0 Å². The number of allylic oxidation sites excluding steroid dienone is 1. The molecule has 0 atom stereocenters. The molecule has 0 fully saturated rings. The molecule has 0 aliphatic heterocycles. The standard InChI is InChI=1S/C13H11NO2/c15-12-6-3-10(4-7-12)13(16)8-5-11-2-1-9-14-11/h1-9,14-15H/b8-5+. The fraction of sp³-hybridized carbons (Fsp3) is 0. The fourth-order valence-electron chi connectivity index (χ4n) is 1.34. The first-order chi connectivity index (χ1) is 7.75. The number of rotatable bonds is 3. The minimum Gasteiger partial charge on any atom is -0.508 e. The van der Waals surface area contributed by atoms with Crippen LogP contribution in [0.3, 0.4) is 0 Å². The van der Waals surface area contributed by atoms with Crippen LogP contribution in [0.25, 0.3) is 6.08 Å². The molecule has 0 bridgehead atoms. The molecule has 2 rings (SSSR count). The first-order valence-electron chi connectivity index (χ1n) is 4.90. The van der Waals surface area contributed by atoms with Crippen LogP contribution in [0.1, 0.15) is 16.1 Å². The van der Waals surface area contributed by atoms with Gasteiger partial charge in [0.15, 0.2) is 5.78 Å². The highest BCUT2D eigenvalue weighted by atomic mass is 16.3. The van der Waals surface area contributed by atoms with Gasteiger partial charge in [-0.15, -0.1) is 0 Å². The summed E-state index contributed by atoms with van der Waals surface area (Å²) in [5, 5.41) is 9.08. The number of ketones is 1. The molecule has 0 unspecified atom stereocenters. The molecule has 0 amide bonds. The molecule has 80 valence electrons. The van der Waals surface area contributed by atoms with E-state index in [4.69, 9.17) is 5.11 Å². The zero-order chi connectivity index (χ0) is 11.4. The quantitative estimate of drug-likeness (QED) is 0.608. The molecule has 0 aliphatic carbocycles. The SMILES string of the molecule is O=C(/C=C/c1ccc[nH]1)c1ccc(O)cc1. The molecule has 1 heterocycles. The van der Waals surface area contributed by atoms with E-state index in [2.05, 4.69) is 4.98 Å². The Morgan fingerprint density at radius 2 is 1.94 bits per heavy atom. The third-order valence-corrected chi connectivity index (χ3v) is 2.19. The second-order valence-corrected chi connectivity index (χ2v) is 3.37. The van der Waals surface area contributed by atoms with E-state index in [-0.39, 0.29) is 11.5 Å². The van der Waals surface area contributed by atoms with E-state index in [1.165, 1.54) is 18.2 Å². The predicted molar refractivity (Wildman–Crippen MR) is 62.3 cm³/mol. The van der Waals surface area contributed by atoms with Crippen LogP contribution in [0.4, 0.5) is 0 Å². The third kappa shape index (κ3) is 2.39. The van der Waals surface area contributed by atoms with Crippen molar-refractivity contribution < 1.29 is 9.90 Å². The number of H-pyrrole nitrogens is 1. The Morgan fingerprint density at radius 3 is 2.56 bits per heavy atom. The lowest BCUT2D eigenvalue weighted by atomic mass is 10.1. The predicted octanol–water partition coefficient (Wildman–Crippen LogP) is 2.62. The van der Waals surface area contributed by atoms with Crippen LogP contribution in [0.15, 0.2) is 48.7 Å². The number of hydrogen-bond donors (Lipinski definition) is 2.